The number of rotatable bonds is 8. The van der Waals surface area contributed by atoms with E-state index in [1.807, 2.05) is 0 Å². The van der Waals surface area contributed by atoms with Gasteiger partial charge in [-0.2, -0.15) is 0 Å². The minimum Gasteiger partial charge on any atom is -0.396 e. The Morgan fingerprint density at radius 3 is 2.56 bits per heavy atom. The van der Waals surface area contributed by atoms with Gasteiger partial charge in [-0.15, -0.1) is 0 Å². The maximum absolute atomic E-state index is 9.12. The number of likely N-dealkylation sites (N-methyl/N-ethyl adjacent to an activating group) is 2. The van der Waals surface area contributed by atoms with Gasteiger partial charge < -0.3 is 15.3 Å². The second-order valence-corrected chi connectivity index (χ2v) is 4.59. The summed E-state index contributed by atoms with van der Waals surface area (Å²) in [6, 6.07) is 8.81. The summed E-state index contributed by atoms with van der Waals surface area (Å²) in [6.07, 6.45) is 0.802. The summed E-state index contributed by atoms with van der Waals surface area (Å²) in [5, 5.41) is 12.6. The van der Waals surface area contributed by atoms with Crippen molar-refractivity contribution in [2.24, 2.45) is 0 Å². The van der Waals surface area contributed by atoms with Crippen LogP contribution in [0.1, 0.15) is 25.8 Å². The molecule has 0 bridgehead atoms. The minimum absolute atomic E-state index is 0.239. The molecular formula is C15H26N2O. The molecule has 0 saturated carbocycles. The van der Waals surface area contributed by atoms with Crippen molar-refractivity contribution in [3.63, 3.8) is 0 Å². The molecule has 1 atom stereocenters. The fourth-order valence-corrected chi connectivity index (χ4v) is 2.28. The predicted octanol–water partition coefficient (Wildman–Crippen LogP) is 2.18. The zero-order valence-electron chi connectivity index (χ0n) is 11.8. The summed E-state index contributed by atoms with van der Waals surface area (Å²) < 4.78 is 0. The number of aliphatic hydroxyl groups excluding tert-OH is 1. The van der Waals surface area contributed by atoms with Gasteiger partial charge in [-0.3, -0.25) is 0 Å². The van der Waals surface area contributed by atoms with E-state index in [4.69, 9.17) is 5.11 Å². The van der Waals surface area contributed by atoms with Crippen LogP contribution in [-0.2, 0) is 0 Å². The summed E-state index contributed by atoms with van der Waals surface area (Å²) in [7, 11) is 0. The van der Waals surface area contributed by atoms with Crippen molar-refractivity contribution in [1.29, 1.82) is 0 Å². The van der Waals surface area contributed by atoms with Gasteiger partial charge in [-0.25, -0.2) is 0 Å². The Bertz CT molecular complexity index is 335. The molecule has 102 valence electrons. The van der Waals surface area contributed by atoms with Crippen LogP contribution in [0.25, 0.3) is 0 Å². The second-order valence-electron chi connectivity index (χ2n) is 4.59. The Morgan fingerprint density at radius 2 is 2.00 bits per heavy atom. The predicted molar refractivity (Wildman–Crippen MR) is 78.2 cm³/mol. The number of nitrogens with one attached hydrogen (secondary N) is 1. The van der Waals surface area contributed by atoms with Gasteiger partial charge in [0, 0.05) is 31.4 Å². The van der Waals surface area contributed by atoms with E-state index in [0.717, 1.165) is 26.1 Å². The van der Waals surface area contributed by atoms with Crippen molar-refractivity contribution in [3.8, 4) is 0 Å². The number of aryl methyl sites for hydroxylation is 1. The van der Waals surface area contributed by atoms with E-state index in [9.17, 15) is 0 Å². The Kier molecular flexibility index (Phi) is 6.76. The first-order chi connectivity index (χ1) is 8.72. The number of aliphatic hydroxyl groups is 1. The van der Waals surface area contributed by atoms with Gasteiger partial charge in [0.15, 0.2) is 0 Å². The molecule has 1 aromatic rings. The number of benzene rings is 1. The lowest BCUT2D eigenvalue weighted by molar-refractivity contribution is 0.266. The number of nitrogens with zero attached hydrogens (tertiary/aromatic N) is 1. The first-order valence-corrected chi connectivity index (χ1v) is 6.87. The summed E-state index contributed by atoms with van der Waals surface area (Å²) in [5.41, 5.74) is 2.60. The number of hydrogen-bond acceptors (Lipinski definition) is 3. The molecule has 3 heteroatoms. The van der Waals surface area contributed by atoms with E-state index < -0.39 is 0 Å². The van der Waals surface area contributed by atoms with Gasteiger partial charge >= 0.3 is 0 Å². The van der Waals surface area contributed by atoms with E-state index in [-0.39, 0.29) is 6.61 Å². The molecule has 0 aliphatic heterocycles. The average Bonchev–Trinajstić information content (AvgIpc) is 2.37. The summed E-state index contributed by atoms with van der Waals surface area (Å²) in [5.74, 6) is 0. The van der Waals surface area contributed by atoms with Gasteiger partial charge in [-0.1, -0.05) is 25.1 Å². The van der Waals surface area contributed by atoms with Crippen LogP contribution in [0, 0.1) is 6.92 Å². The van der Waals surface area contributed by atoms with Gasteiger partial charge in [0.25, 0.3) is 0 Å². The van der Waals surface area contributed by atoms with Crippen LogP contribution in [0.5, 0.6) is 0 Å². The summed E-state index contributed by atoms with van der Waals surface area (Å²) in [4.78, 5) is 2.37. The molecule has 0 amide bonds. The third-order valence-electron chi connectivity index (χ3n) is 3.25. The molecule has 0 spiro atoms. The monoisotopic (exact) mass is 250 g/mol. The standard InChI is InChI=1S/C15H26N2O/c1-4-16-14(10-11-18)12-17(5-2)15-9-7-6-8-13(15)3/h6-9,14,16,18H,4-5,10-12H2,1-3H3. The molecule has 0 aromatic heterocycles. The summed E-state index contributed by atoms with van der Waals surface area (Å²) in [6.45, 7) is 9.53. The van der Waals surface area contributed by atoms with Gasteiger partial charge in [0.1, 0.15) is 0 Å². The van der Waals surface area contributed by atoms with Crippen molar-refractivity contribution < 1.29 is 5.11 Å². The smallest absolute Gasteiger partial charge is 0.0446 e. The second kappa shape index (κ2) is 8.11. The van der Waals surface area contributed by atoms with E-state index in [1.165, 1.54) is 11.3 Å². The minimum atomic E-state index is 0.239. The topological polar surface area (TPSA) is 35.5 Å². The first-order valence-electron chi connectivity index (χ1n) is 6.87. The van der Waals surface area contributed by atoms with Crippen LogP contribution in [0.3, 0.4) is 0 Å². The van der Waals surface area contributed by atoms with Crippen LogP contribution in [0.2, 0.25) is 0 Å². The lowest BCUT2D eigenvalue weighted by Gasteiger charge is -2.29. The average molecular weight is 250 g/mol. The molecule has 0 aliphatic carbocycles. The van der Waals surface area contributed by atoms with E-state index in [2.05, 4.69) is 55.3 Å². The highest BCUT2D eigenvalue weighted by atomic mass is 16.3. The van der Waals surface area contributed by atoms with Crippen molar-refractivity contribution in [3.05, 3.63) is 29.8 Å². The molecule has 0 saturated heterocycles. The van der Waals surface area contributed by atoms with Crippen LogP contribution in [0.15, 0.2) is 24.3 Å². The molecule has 1 rings (SSSR count). The van der Waals surface area contributed by atoms with Crippen LogP contribution >= 0.6 is 0 Å². The Balaban J connectivity index is 2.73. The largest absolute Gasteiger partial charge is 0.396 e. The molecule has 0 fully saturated rings. The summed E-state index contributed by atoms with van der Waals surface area (Å²) >= 11 is 0. The normalized spacial score (nSPS) is 12.4. The quantitative estimate of drug-likeness (QED) is 0.742. The third-order valence-corrected chi connectivity index (χ3v) is 3.25. The lowest BCUT2D eigenvalue weighted by atomic mass is 10.1. The highest BCUT2D eigenvalue weighted by Gasteiger charge is 2.13. The molecule has 0 aliphatic rings. The maximum atomic E-state index is 9.12. The molecule has 0 heterocycles. The molecule has 0 radical (unpaired) electrons. The third kappa shape index (κ3) is 4.31. The van der Waals surface area contributed by atoms with Gasteiger partial charge in [0.05, 0.1) is 0 Å². The van der Waals surface area contributed by atoms with E-state index in [1.54, 1.807) is 0 Å². The Labute approximate surface area is 111 Å². The number of para-hydroxylation sites is 1. The van der Waals surface area contributed by atoms with Gasteiger partial charge in [-0.05, 0) is 38.4 Å². The Morgan fingerprint density at radius 1 is 1.28 bits per heavy atom. The highest BCUT2D eigenvalue weighted by molar-refractivity contribution is 5.52. The SMILES string of the molecule is CCNC(CCO)CN(CC)c1ccccc1C. The van der Waals surface area contributed by atoms with E-state index >= 15 is 0 Å². The van der Waals surface area contributed by atoms with Crippen LogP contribution in [0.4, 0.5) is 5.69 Å². The van der Waals surface area contributed by atoms with Crippen molar-refractivity contribution in [1.82, 2.24) is 5.32 Å². The van der Waals surface area contributed by atoms with E-state index in [0.29, 0.717) is 6.04 Å². The zero-order valence-corrected chi connectivity index (χ0v) is 11.8. The van der Waals surface area contributed by atoms with Gasteiger partial charge in [0.2, 0.25) is 0 Å². The maximum Gasteiger partial charge on any atom is 0.0446 e. The molecule has 2 N–H and O–H groups in total. The zero-order chi connectivity index (χ0) is 13.4. The molecule has 1 aromatic carbocycles. The van der Waals surface area contributed by atoms with Crippen molar-refractivity contribution in [2.75, 3.05) is 31.1 Å². The Hall–Kier alpha value is -1.06. The van der Waals surface area contributed by atoms with Crippen molar-refractivity contribution >= 4 is 5.69 Å². The number of anilines is 1. The van der Waals surface area contributed by atoms with Crippen molar-refractivity contribution in [2.45, 2.75) is 33.2 Å². The molecule has 3 nitrogen and oxygen atoms in total. The van der Waals surface area contributed by atoms with Crippen LogP contribution < -0.4 is 10.2 Å². The van der Waals surface area contributed by atoms with Crippen LogP contribution in [-0.4, -0.2) is 37.4 Å². The molecule has 1 unspecified atom stereocenters. The first kappa shape index (κ1) is 15.0. The molecular weight excluding hydrogens is 224 g/mol. The number of hydrogen-bond donors (Lipinski definition) is 2. The fraction of sp³-hybridized carbons (Fsp3) is 0.600. The highest BCUT2D eigenvalue weighted by Crippen LogP contribution is 2.19. The molecule has 18 heavy (non-hydrogen) atoms. The fourth-order valence-electron chi connectivity index (χ4n) is 2.28. The lowest BCUT2D eigenvalue weighted by Crippen LogP contribution is -2.42.